The molecule has 28 heavy (non-hydrogen) atoms. The molecule has 1 aromatic carbocycles. The monoisotopic (exact) mass is 395 g/mol. The lowest BCUT2D eigenvalue weighted by Gasteiger charge is -2.34. The number of alkyl halides is 2. The van der Waals surface area contributed by atoms with Gasteiger partial charge in [0.05, 0.1) is 12.4 Å². The summed E-state index contributed by atoms with van der Waals surface area (Å²) in [6.07, 6.45) is -1.92. The minimum absolute atomic E-state index is 0.00755. The number of nitrogens with zero attached hydrogens (tertiary/aromatic N) is 3. The lowest BCUT2D eigenvalue weighted by molar-refractivity contribution is -0.286. The second-order valence-corrected chi connectivity index (χ2v) is 6.42. The third-order valence-corrected chi connectivity index (χ3v) is 4.39. The number of ether oxygens (including phenoxy) is 3. The van der Waals surface area contributed by atoms with Gasteiger partial charge in [-0.2, -0.15) is 0 Å². The van der Waals surface area contributed by atoms with E-state index in [-0.39, 0.29) is 17.2 Å². The Kier molecular flexibility index (Phi) is 4.71. The van der Waals surface area contributed by atoms with E-state index in [4.69, 9.17) is 4.74 Å². The Morgan fingerprint density at radius 1 is 1.11 bits per heavy atom. The van der Waals surface area contributed by atoms with E-state index in [9.17, 15) is 18.0 Å². The van der Waals surface area contributed by atoms with Crippen molar-refractivity contribution in [3.8, 4) is 17.2 Å². The van der Waals surface area contributed by atoms with Gasteiger partial charge in [0.1, 0.15) is 5.82 Å². The van der Waals surface area contributed by atoms with E-state index in [1.807, 2.05) is 0 Å². The maximum absolute atomic E-state index is 13.1. The first kappa shape index (κ1) is 18.4. The molecule has 1 fully saturated rings. The highest BCUT2D eigenvalue weighted by molar-refractivity contribution is 5.70. The van der Waals surface area contributed by atoms with Crippen molar-refractivity contribution >= 4 is 6.09 Å². The van der Waals surface area contributed by atoms with Crippen molar-refractivity contribution in [1.82, 2.24) is 14.8 Å². The Morgan fingerprint density at radius 2 is 1.86 bits per heavy atom. The summed E-state index contributed by atoms with van der Waals surface area (Å²) in [6.45, 7) is 2.50. The van der Waals surface area contributed by atoms with Crippen LogP contribution in [0.15, 0.2) is 36.7 Å². The highest BCUT2D eigenvalue weighted by atomic mass is 19.3. The van der Waals surface area contributed by atoms with Gasteiger partial charge in [0, 0.05) is 38.8 Å². The van der Waals surface area contributed by atoms with Crippen LogP contribution in [0.1, 0.15) is 5.56 Å². The number of pyridine rings is 1. The third-order valence-electron chi connectivity index (χ3n) is 4.39. The van der Waals surface area contributed by atoms with Gasteiger partial charge < -0.3 is 19.1 Å². The molecule has 0 saturated carbocycles. The molecule has 1 amide bonds. The molecule has 148 valence electrons. The quantitative estimate of drug-likeness (QED) is 0.797. The Balaban J connectivity index is 1.29. The largest absolute Gasteiger partial charge is 0.586 e. The predicted molar refractivity (Wildman–Crippen MR) is 89.7 cm³/mol. The summed E-state index contributed by atoms with van der Waals surface area (Å²) in [7, 11) is 0. The average Bonchev–Trinajstić information content (AvgIpc) is 2.95. The van der Waals surface area contributed by atoms with E-state index in [2.05, 4.69) is 19.4 Å². The predicted octanol–water partition coefficient (Wildman–Crippen LogP) is 2.86. The van der Waals surface area contributed by atoms with Gasteiger partial charge in [-0.3, -0.25) is 9.88 Å². The smallest absolute Gasteiger partial charge is 0.408 e. The molecule has 4 rings (SSSR count). The van der Waals surface area contributed by atoms with Gasteiger partial charge in [0.2, 0.25) is 0 Å². The number of hydrogen-bond donors (Lipinski definition) is 0. The number of amides is 1. The molecule has 0 unspecified atom stereocenters. The van der Waals surface area contributed by atoms with Crippen molar-refractivity contribution in [2.75, 3.05) is 26.2 Å². The zero-order valence-corrected chi connectivity index (χ0v) is 14.6. The molecule has 10 heteroatoms. The van der Waals surface area contributed by atoms with Gasteiger partial charge in [-0.25, -0.2) is 9.18 Å². The van der Waals surface area contributed by atoms with Crippen LogP contribution in [0.2, 0.25) is 0 Å². The average molecular weight is 395 g/mol. The summed E-state index contributed by atoms with van der Waals surface area (Å²) in [5.74, 6) is -0.525. The minimum atomic E-state index is -3.63. The van der Waals surface area contributed by atoms with E-state index in [0.29, 0.717) is 32.7 Å². The summed E-state index contributed by atoms with van der Waals surface area (Å²) in [5, 5.41) is 0. The third kappa shape index (κ3) is 4.11. The number of benzene rings is 1. The molecular weight excluding hydrogens is 379 g/mol. The van der Waals surface area contributed by atoms with Gasteiger partial charge >= 0.3 is 12.4 Å². The van der Waals surface area contributed by atoms with E-state index in [0.717, 1.165) is 17.8 Å². The highest BCUT2D eigenvalue weighted by Crippen LogP contribution is 2.41. The fraction of sp³-hybridized carbons (Fsp3) is 0.333. The van der Waals surface area contributed by atoms with Crippen molar-refractivity contribution in [3.63, 3.8) is 0 Å². The number of carbonyl (C=O) groups is 1. The molecule has 0 bridgehead atoms. The first-order valence-corrected chi connectivity index (χ1v) is 8.56. The van der Waals surface area contributed by atoms with Gasteiger partial charge in [-0.15, -0.1) is 8.78 Å². The first-order valence-electron chi connectivity index (χ1n) is 8.56. The molecule has 2 aliphatic heterocycles. The van der Waals surface area contributed by atoms with Crippen LogP contribution in [0.5, 0.6) is 17.2 Å². The Hall–Kier alpha value is -3.01. The molecule has 1 aromatic heterocycles. The van der Waals surface area contributed by atoms with Crippen molar-refractivity contribution in [2.24, 2.45) is 0 Å². The fourth-order valence-corrected chi connectivity index (χ4v) is 3.05. The SMILES string of the molecule is O=C(Oc1cncc(F)c1)N1CCN(Cc2ccc3c(c2)OC(F)(F)O3)CC1. The summed E-state index contributed by atoms with van der Waals surface area (Å²) in [4.78, 5) is 19.4. The number of fused-ring (bicyclic) bond motifs is 1. The van der Waals surface area contributed by atoms with Crippen LogP contribution in [-0.2, 0) is 6.54 Å². The number of rotatable bonds is 3. The summed E-state index contributed by atoms with van der Waals surface area (Å²) < 4.78 is 53.3. The second kappa shape index (κ2) is 7.19. The molecule has 0 N–H and O–H groups in total. The van der Waals surface area contributed by atoms with Crippen LogP contribution in [0, 0.1) is 5.82 Å². The lowest BCUT2D eigenvalue weighted by atomic mass is 10.1. The zero-order chi connectivity index (χ0) is 19.7. The van der Waals surface area contributed by atoms with Crippen LogP contribution in [0.25, 0.3) is 0 Å². The van der Waals surface area contributed by atoms with E-state index in [1.165, 1.54) is 23.2 Å². The number of hydrogen-bond acceptors (Lipinski definition) is 6. The maximum Gasteiger partial charge on any atom is 0.586 e. The molecule has 7 nitrogen and oxygen atoms in total. The topological polar surface area (TPSA) is 64.1 Å². The van der Waals surface area contributed by atoms with Gasteiger partial charge in [-0.1, -0.05) is 6.07 Å². The molecule has 1 saturated heterocycles. The molecule has 3 heterocycles. The maximum atomic E-state index is 13.1. The molecule has 0 spiro atoms. The van der Waals surface area contributed by atoms with Crippen LogP contribution >= 0.6 is 0 Å². The van der Waals surface area contributed by atoms with Crippen molar-refractivity contribution in [2.45, 2.75) is 12.8 Å². The molecular formula is C18H16F3N3O4. The number of carbonyl (C=O) groups excluding carboxylic acids is 1. The molecule has 0 aliphatic carbocycles. The number of aromatic nitrogens is 1. The Bertz CT molecular complexity index is 888. The van der Waals surface area contributed by atoms with Gasteiger partial charge in [-0.05, 0) is 17.7 Å². The normalized spacial score (nSPS) is 18.2. The Morgan fingerprint density at radius 3 is 2.61 bits per heavy atom. The molecule has 0 atom stereocenters. The van der Waals surface area contributed by atoms with Crippen LogP contribution in [0.3, 0.4) is 0 Å². The van der Waals surface area contributed by atoms with Crippen molar-refractivity contribution in [3.05, 3.63) is 48.0 Å². The van der Waals surface area contributed by atoms with Gasteiger partial charge in [0.25, 0.3) is 0 Å². The van der Waals surface area contributed by atoms with Crippen LogP contribution < -0.4 is 14.2 Å². The number of piperazine rings is 1. The highest BCUT2D eigenvalue weighted by Gasteiger charge is 2.43. The molecule has 2 aliphatic rings. The van der Waals surface area contributed by atoms with Crippen molar-refractivity contribution in [1.29, 1.82) is 0 Å². The van der Waals surface area contributed by atoms with Crippen molar-refractivity contribution < 1.29 is 32.2 Å². The van der Waals surface area contributed by atoms with Crippen LogP contribution in [-0.4, -0.2) is 53.4 Å². The Labute approximate surface area is 158 Å². The molecule has 0 radical (unpaired) electrons. The van der Waals surface area contributed by atoms with E-state index >= 15 is 0 Å². The van der Waals surface area contributed by atoms with Crippen LogP contribution in [0.4, 0.5) is 18.0 Å². The summed E-state index contributed by atoms with van der Waals surface area (Å²) in [6, 6.07) is 5.76. The lowest BCUT2D eigenvalue weighted by Crippen LogP contribution is -2.49. The van der Waals surface area contributed by atoms with Gasteiger partial charge in [0.15, 0.2) is 17.2 Å². The second-order valence-electron chi connectivity index (χ2n) is 6.42. The van der Waals surface area contributed by atoms with E-state index in [1.54, 1.807) is 6.07 Å². The minimum Gasteiger partial charge on any atom is -0.408 e. The fourth-order valence-electron chi connectivity index (χ4n) is 3.05. The molecule has 2 aromatic rings. The standard InChI is InChI=1S/C18H16F3N3O4/c19-13-8-14(10-22-9-13)26-17(25)24-5-3-23(4-6-24)11-12-1-2-15-16(7-12)28-18(20,21)27-15/h1-2,7-10H,3-6,11H2. The first-order chi connectivity index (χ1) is 13.4. The number of halogens is 3. The summed E-state index contributed by atoms with van der Waals surface area (Å²) in [5.41, 5.74) is 0.793. The summed E-state index contributed by atoms with van der Waals surface area (Å²) >= 11 is 0. The van der Waals surface area contributed by atoms with E-state index < -0.39 is 18.2 Å². The zero-order valence-electron chi connectivity index (χ0n) is 14.6.